The Labute approximate surface area is 108 Å². The summed E-state index contributed by atoms with van der Waals surface area (Å²) >= 11 is 0. The smallest absolute Gasteiger partial charge is 0.124 e. The molecule has 1 aromatic carbocycles. The lowest BCUT2D eigenvalue weighted by Gasteiger charge is -2.14. The molecule has 96 valence electrons. The lowest BCUT2D eigenvalue weighted by atomic mass is 10.0. The topological polar surface area (TPSA) is 51.2 Å². The molecule has 0 amide bonds. The number of hydrogen-bond donors (Lipinski definition) is 2. The highest BCUT2D eigenvalue weighted by atomic mass is 16.3. The summed E-state index contributed by atoms with van der Waals surface area (Å²) in [5, 5.41) is 0. The molecule has 2 aromatic rings. The Hall–Kier alpha value is -1.58. The molecule has 0 bridgehead atoms. The maximum absolute atomic E-state index is 5.60. The quantitative estimate of drug-likeness (QED) is 0.606. The summed E-state index contributed by atoms with van der Waals surface area (Å²) in [6.07, 6.45) is 4.84. The molecule has 1 unspecified atom stereocenters. The van der Waals surface area contributed by atoms with Crippen LogP contribution in [-0.4, -0.2) is 0 Å². The Bertz CT molecular complexity index is 464. The number of furan rings is 1. The van der Waals surface area contributed by atoms with Gasteiger partial charge in [-0.05, 0) is 43.4 Å². The molecule has 0 aliphatic rings. The van der Waals surface area contributed by atoms with E-state index in [1.54, 1.807) is 6.26 Å². The summed E-state index contributed by atoms with van der Waals surface area (Å²) in [5.74, 6) is 6.55. The number of rotatable bonds is 6. The lowest BCUT2D eigenvalue weighted by Crippen LogP contribution is -2.28. The molecule has 2 rings (SSSR count). The van der Waals surface area contributed by atoms with E-state index in [4.69, 9.17) is 10.3 Å². The Kier molecular flexibility index (Phi) is 4.56. The molecule has 3 N–H and O–H groups in total. The molecule has 3 nitrogen and oxygen atoms in total. The first-order valence-corrected chi connectivity index (χ1v) is 6.35. The van der Waals surface area contributed by atoms with Gasteiger partial charge < -0.3 is 4.42 Å². The first-order chi connectivity index (χ1) is 8.81. The Morgan fingerprint density at radius 2 is 2.00 bits per heavy atom. The molecule has 1 aromatic heterocycles. The minimum absolute atomic E-state index is 0.101. The van der Waals surface area contributed by atoms with Crippen LogP contribution in [0.2, 0.25) is 0 Å². The largest absolute Gasteiger partial charge is 0.467 e. The maximum atomic E-state index is 5.60. The van der Waals surface area contributed by atoms with Crippen LogP contribution in [0.4, 0.5) is 0 Å². The van der Waals surface area contributed by atoms with Crippen molar-refractivity contribution in [3.8, 4) is 0 Å². The Balaban J connectivity index is 1.87. The van der Waals surface area contributed by atoms with Crippen LogP contribution in [0.25, 0.3) is 0 Å². The van der Waals surface area contributed by atoms with E-state index in [0.717, 1.165) is 30.6 Å². The van der Waals surface area contributed by atoms with E-state index < -0.39 is 0 Å². The number of benzene rings is 1. The van der Waals surface area contributed by atoms with Crippen molar-refractivity contribution in [2.75, 3.05) is 0 Å². The van der Waals surface area contributed by atoms with Gasteiger partial charge in [0.05, 0.1) is 12.3 Å². The van der Waals surface area contributed by atoms with Crippen LogP contribution in [0, 0.1) is 6.92 Å². The number of hydrazine groups is 1. The van der Waals surface area contributed by atoms with Gasteiger partial charge in [0.2, 0.25) is 0 Å². The van der Waals surface area contributed by atoms with E-state index in [1.807, 2.05) is 19.1 Å². The monoisotopic (exact) mass is 244 g/mol. The Morgan fingerprint density at radius 1 is 1.22 bits per heavy atom. The summed E-state index contributed by atoms with van der Waals surface area (Å²) < 4.78 is 5.48. The molecule has 0 aliphatic heterocycles. The zero-order valence-electron chi connectivity index (χ0n) is 10.7. The summed E-state index contributed by atoms with van der Waals surface area (Å²) in [6, 6.07) is 12.6. The van der Waals surface area contributed by atoms with Crippen molar-refractivity contribution in [3.05, 3.63) is 59.5 Å². The van der Waals surface area contributed by atoms with Crippen molar-refractivity contribution < 1.29 is 4.42 Å². The first kappa shape index (κ1) is 12.9. The van der Waals surface area contributed by atoms with Crippen LogP contribution in [0.3, 0.4) is 0 Å². The molecule has 0 fully saturated rings. The van der Waals surface area contributed by atoms with E-state index in [9.17, 15) is 0 Å². The third-order valence-corrected chi connectivity index (χ3v) is 3.22. The lowest BCUT2D eigenvalue weighted by molar-refractivity contribution is 0.392. The first-order valence-electron chi connectivity index (χ1n) is 6.35. The van der Waals surface area contributed by atoms with Crippen LogP contribution < -0.4 is 11.3 Å². The van der Waals surface area contributed by atoms with Crippen LogP contribution in [0.5, 0.6) is 0 Å². The number of nitrogens with one attached hydrogen (secondary N) is 1. The van der Waals surface area contributed by atoms with Crippen molar-refractivity contribution in [1.82, 2.24) is 5.43 Å². The summed E-state index contributed by atoms with van der Waals surface area (Å²) in [7, 11) is 0. The molecular weight excluding hydrogens is 224 g/mol. The average molecular weight is 244 g/mol. The second-order valence-electron chi connectivity index (χ2n) is 4.56. The van der Waals surface area contributed by atoms with Crippen molar-refractivity contribution >= 4 is 0 Å². The molecule has 3 heteroatoms. The Morgan fingerprint density at radius 3 is 2.61 bits per heavy atom. The van der Waals surface area contributed by atoms with Gasteiger partial charge in [-0.15, -0.1) is 0 Å². The highest BCUT2D eigenvalue weighted by Gasteiger charge is 2.14. The third kappa shape index (κ3) is 3.22. The van der Waals surface area contributed by atoms with E-state index in [0.29, 0.717) is 0 Å². The maximum Gasteiger partial charge on any atom is 0.124 e. The number of hydrogen-bond acceptors (Lipinski definition) is 3. The van der Waals surface area contributed by atoms with E-state index in [-0.39, 0.29) is 6.04 Å². The van der Waals surface area contributed by atoms with Gasteiger partial charge in [-0.3, -0.25) is 5.84 Å². The van der Waals surface area contributed by atoms with Crippen molar-refractivity contribution in [2.45, 2.75) is 32.2 Å². The van der Waals surface area contributed by atoms with Crippen LogP contribution >= 0.6 is 0 Å². The highest BCUT2D eigenvalue weighted by molar-refractivity contribution is 5.18. The van der Waals surface area contributed by atoms with Gasteiger partial charge >= 0.3 is 0 Å². The van der Waals surface area contributed by atoms with Crippen molar-refractivity contribution in [1.29, 1.82) is 0 Å². The number of nitrogens with two attached hydrogens (primary N) is 1. The number of aryl methyl sites for hydroxylation is 2. The fraction of sp³-hybridized carbons (Fsp3) is 0.333. The third-order valence-electron chi connectivity index (χ3n) is 3.22. The zero-order valence-corrected chi connectivity index (χ0v) is 10.7. The summed E-state index contributed by atoms with van der Waals surface area (Å²) in [6.45, 7) is 2.04. The molecule has 0 aliphatic carbocycles. The minimum Gasteiger partial charge on any atom is -0.467 e. The van der Waals surface area contributed by atoms with E-state index in [1.165, 1.54) is 5.56 Å². The molecular formula is C15H20N2O. The molecule has 1 heterocycles. The van der Waals surface area contributed by atoms with Gasteiger partial charge in [-0.25, -0.2) is 5.43 Å². The summed E-state index contributed by atoms with van der Waals surface area (Å²) in [5.41, 5.74) is 5.35. The van der Waals surface area contributed by atoms with Crippen LogP contribution in [0.15, 0.2) is 47.1 Å². The molecule has 1 atom stereocenters. The normalized spacial score (nSPS) is 12.6. The standard InChI is InChI=1S/C15H20N2O/c1-12-10-11-18-15(12)14(17-16)9-5-8-13-6-3-2-4-7-13/h2-4,6-7,10-11,14,17H,5,8-9,16H2,1H3. The van der Waals surface area contributed by atoms with Crippen LogP contribution in [-0.2, 0) is 6.42 Å². The van der Waals surface area contributed by atoms with Gasteiger partial charge in [0, 0.05) is 0 Å². The van der Waals surface area contributed by atoms with Crippen molar-refractivity contribution in [3.63, 3.8) is 0 Å². The predicted octanol–water partition coefficient (Wildman–Crippen LogP) is 3.12. The van der Waals surface area contributed by atoms with Gasteiger partial charge in [0.25, 0.3) is 0 Å². The molecule has 0 spiro atoms. The fourth-order valence-corrected chi connectivity index (χ4v) is 2.19. The van der Waals surface area contributed by atoms with Gasteiger partial charge in [0.1, 0.15) is 5.76 Å². The van der Waals surface area contributed by atoms with Gasteiger partial charge in [0.15, 0.2) is 0 Å². The molecule has 0 saturated carbocycles. The zero-order chi connectivity index (χ0) is 12.8. The van der Waals surface area contributed by atoms with Gasteiger partial charge in [-0.1, -0.05) is 30.3 Å². The molecule has 0 saturated heterocycles. The van der Waals surface area contributed by atoms with E-state index >= 15 is 0 Å². The second kappa shape index (κ2) is 6.38. The second-order valence-corrected chi connectivity index (χ2v) is 4.56. The predicted molar refractivity (Wildman–Crippen MR) is 72.9 cm³/mol. The highest BCUT2D eigenvalue weighted by Crippen LogP contribution is 2.22. The van der Waals surface area contributed by atoms with Crippen LogP contribution in [0.1, 0.15) is 35.8 Å². The van der Waals surface area contributed by atoms with E-state index in [2.05, 4.69) is 29.7 Å². The fourth-order valence-electron chi connectivity index (χ4n) is 2.19. The molecule has 18 heavy (non-hydrogen) atoms. The van der Waals surface area contributed by atoms with Crippen molar-refractivity contribution in [2.24, 2.45) is 5.84 Å². The molecule has 0 radical (unpaired) electrons. The SMILES string of the molecule is Cc1ccoc1C(CCCc1ccccc1)NN. The summed E-state index contributed by atoms with van der Waals surface area (Å²) in [4.78, 5) is 0. The minimum atomic E-state index is 0.101. The average Bonchev–Trinajstić information content (AvgIpc) is 2.82. The van der Waals surface area contributed by atoms with Gasteiger partial charge in [-0.2, -0.15) is 0 Å².